The second-order valence-electron chi connectivity index (χ2n) is 6.54. The topological polar surface area (TPSA) is 84.2 Å². The second kappa shape index (κ2) is 12.6. The van der Waals surface area contributed by atoms with E-state index in [4.69, 9.17) is 5.73 Å². The molecule has 0 aliphatic carbocycles. The van der Waals surface area contributed by atoms with Gasteiger partial charge in [-0.1, -0.05) is 51.7 Å². The normalized spacial score (nSPS) is 10.7. The number of unbranched alkanes of at least 4 members (excludes halogenated alkanes) is 3. The SMILES string of the molecule is CC(C)CCCCCCNC(=O)Nc1ccccc1SCCC(N)=O. The van der Waals surface area contributed by atoms with Gasteiger partial charge in [-0.05, 0) is 24.5 Å². The Balaban J connectivity index is 2.26. The van der Waals surface area contributed by atoms with Crippen LogP contribution in [-0.2, 0) is 4.79 Å². The van der Waals surface area contributed by atoms with E-state index in [-0.39, 0.29) is 11.9 Å². The molecular weight excluding hydrogens is 334 g/mol. The van der Waals surface area contributed by atoms with E-state index < -0.39 is 0 Å². The minimum absolute atomic E-state index is 0.190. The van der Waals surface area contributed by atoms with Gasteiger partial charge in [-0.2, -0.15) is 0 Å². The number of nitrogens with one attached hydrogen (secondary N) is 2. The number of amides is 3. The molecule has 0 radical (unpaired) electrons. The molecule has 5 nitrogen and oxygen atoms in total. The predicted octanol–water partition coefficient (Wildman–Crippen LogP) is 4.38. The van der Waals surface area contributed by atoms with Gasteiger partial charge in [0.25, 0.3) is 0 Å². The minimum Gasteiger partial charge on any atom is -0.370 e. The van der Waals surface area contributed by atoms with Crippen LogP contribution in [0.1, 0.15) is 52.4 Å². The molecule has 140 valence electrons. The zero-order valence-electron chi connectivity index (χ0n) is 15.3. The summed E-state index contributed by atoms with van der Waals surface area (Å²) in [6.45, 7) is 5.18. The predicted molar refractivity (Wildman–Crippen MR) is 106 cm³/mol. The molecule has 0 heterocycles. The maximum Gasteiger partial charge on any atom is 0.319 e. The first-order valence-corrected chi connectivity index (χ1v) is 10.0. The lowest BCUT2D eigenvalue weighted by Gasteiger charge is -2.11. The van der Waals surface area contributed by atoms with Crippen LogP contribution in [0.4, 0.5) is 10.5 Å². The summed E-state index contributed by atoms with van der Waals surface area (Å²) in [5, 5.41) is 5.78. The first-order valence-electron chi connectivity index (χ1n) is 9.04. The maximum atomic E-state index is 12.0. The van der Waals surface area contributed by atoms with Crippen molar-refractivity contribution in [3.05, 3.63) is 24.3 Å². The third kappa shape index (κ3) is 10.7. The summed E-state index contributed by atoms with van der Waals surface area (Å²) in [6, 6.07) is 7.38. The van der Waals surface area contributed by atoms with Gasteiger partial charge >= 0.3 is 6.03 Å². The van der Waals surface area contributed by atoms with E-state index in [1.54, 1.807) is 0 Å². The van der Waals surface area contributed by atoms with Gasteiger partial charge in [-0.25, -0.2) is 4.79 Å². The lowest BCUT2D eigenvalue weighted by Crippen LogP contribution is -2.29. The molecule has 3 amide bonds. The number of para-hydroxylation sites is 1. The third-order valence-electron chi connectivity index (χ3n) is 3.74. The van der Waals surface area contributed by atoms with Gasteiger partial charge in [0.15, 0.2) is 0 Å². The second-order valence-corrected chi connectivity index (χ2v) is 7.68. The van der Waals surface area contributed by atoms with E-state index in [9.17, 15) is 9.59 Å². The molecule has 1 rings (SSSR count). The summed E-state index contributed by atoms with van der Waals surface area (Å²) in [5.74, 6) is 1.06. The average molecular weight is 366 g/mol. The van der Waals surface area contributed by atoms with E-state index >= 15 is 0 Å². The molecule has 0 aliphatic rings. The van der Waals surface area contributed by atoms with Crippen LogP contribution in [-0.4, -0.2) is 24.2 Å². The number of carbonyl (C=O) groups is 2. The summed E-state index contributed by atoms with van der Waals surface area (Å²) < 4.78 is 0. The molecule has 25 heavy (non-hydrogen) atoms. The van der Waals surface area contributed by atoms with Crippen molar-refractivity contribution in [2.45, 2.75) is 57.3 Å². The van der Waals surface area contributed by atoms with Crippen LogP contribution in [0.2, 0.25) is 0 Å². The van der Waals surface area contributed by atoms with Gasteiger partial charge in [0.2, 0.25) is 5.91 Å². The fourth-order valence-corrected chi connectivity index (χ4v) is 3.33. The summed E-state index contributed by atoms with van der Waals surface area (Å²) >= 11 is 1.51. The maximum absolute atomic E-state index is 12.0. The molecule has 6 heteroatoms. The van der Waals surface area contributed by atoms with E-state index in [1.165, 1.54) is 31.0 Å². The number of thioether (sulfide) groups is 1. The zero-order chi connectivity index (χ0) is 18.5. The molecule has 4 N–H and O–H groups in total. The minimum atomic E-state index is -0.316. The number of hydrogen-bond acceptors (Lipinski definition) is 3. The van der Waals surface area contributed by atoms with Crippen LogP contribution in [0.15, 0.2) is 29.2 Å². The van der Waals surface area contributed by atoms with Gasteiger partial charge in [0, 0.05) is 23.6 Å². The molecule has 0 saturated carbocycles. The Labute approximate surface area is 155 Å². The number of hydrogen-bond donors (Lipinski definition) is 3. The number of nitrogens with two attached hydrogens (primary N) is 1. The summed E-state index contributed by atoms with van der Waals surface area (Å²) in [4.78, 5) is 23.8. The van der Waals surface area contributed by atoms with E-state index in [1.807, 2.05) is 24.3 Å². The van der Waals surface area contributed by atoms with Crippen LogP contribution in [0.3, 0.4) is 0 Å². The Kier molecular flexibility index (Phi) is 10.8. The van der Waals surface area contributed by atoms with Crippen LogP contribution in [0.25, 0.3) is 0 Å². The lowest BCUT2D eigenvalue weighted by molar-refractivity contribution is -0.117. The molecule has 0 aromatic heterocycles. The monoisotopic (exact) mass is 365 g/mol. The standard InChI is InChI=1S/C19H31N3O2S/c1-15(2)9-5-3-4-8-13-21-19(24)22-16-10-6-7-11-17(16)25-14-12-18(20)23/h6-7,10-11,15H,3-5,8-9,12-14H2,1-2H3,(H2,20,23)(H2,21,22,24). The number of carbonyl (C=O) groups excluding carboxylic acids is 2. The highest BCUT2D eigenvalue weighted by atomic mass is 32.2. The number of anilines is 1. The van der Waals surface area contributed by atoms with Gasteiger partial charge in [-0.3, -0.25) is 4.79 Å². The Morgan fingerprint density at radius 2 is 1.84 bits per heavy atom. The van der Waals surface area contributed by atoms with Crippen molar-refractivity contribution < 1.29 is 9.59 Å². The first kappa shape index (κ1) is 21.4. The van der Waals surface area contributed by atoms with Crippen molar-refractivity contribution >= 4 is 29.4 Å². The van der Waals surface area contributed by atoms with Crippen molar-refractivity contribution in [2.24, 2.45) is 11.7 Å². The van der Waals surface area contributed by atoms with E-state index in [2.05, 4.69) is 24.5 Å². The highest BCUT2D eigenvalue weighted by Gasteiger charge is 2.07. The van der Waals surface area contributed by atoms with Crippen LogP contribution in [0, 0.1) is 5.92 Å². The quantitative estimate of drug-likeness (QED) is 0.379. The molecule has 0 unspecified atom stereocenters. The molecule has 0 fully saturated rings. The third-order valence-corrected chi connectivity index (χ3v) is 4.81. The molecular formula is C19H31N3O2S. The van der Waals surface area contributed by atoms with Crippen molar-refractivity contribution in [3.8, 4) is 0 Å². The average Bonchev–Trinajstić information content (AvgIpc) is 2.55. The van der Waals surface area contributed by atoms with Gasteiger partial charge in [-0.15, -0.1) is 11.8 Å². The summed E-state index contributed by atoms with van der Waals surface area (Å²) in [5.41, 5.74) is 5.91. The Morgan fingerprint density at radius 3 is 2.56 bits per heavy atom. The molecule has 1 aromatic rings. The summed E-state index contributed by atoms with van der Waals surface area (Å²) in [6.07, 6.45) is 6.23. The van der Waals surface area contributed by atoms with Crippen LogP contribution < -0.4 is 16.4 Å². The molecule has 0 bridgehead atoms. The van der Waals surface area contributed by atoms with Crippen molar-refractivity contribution in [1.82, 2.24) is 5.32 Å². The highest BCUT2D eigenvalue weighted by Crippen LogP contribution is 2.27. The zero-order valence-corrected chi connectivity index (χ0v) is 16.2. The fraction of sp³-hybridized carbons (Fsp3) is 0.579. The molecule has 0 saturated heterocycles. The number of urea groups is 1. The highest BCUT2D eigenvalue weighted by molar-refractivity contribution is 7.99. The summed E-state index contributed by atoms with van der Waals surface area (Å²) in [7, 11) is 0. The smallest absolute Gasteiger partial charge is 0.319 e. The Bertz CT molecular complexity index is 535. The Hall–Kier alpha value is -1.69. The fourth-order valence-electron chi connectivity index (χ4n) is 2.36. The van der Waals surface area contributed by atoms with E-state index in [0.29, 0.717) is 18.7 Å². The van der Waals surface area contributed by atoms with Crippen molar-refractivity contribution in [3.63, 3.8) is 0 Å². The molecule has 0 atom stereocenters. The largest absolute Gasteiger partial charge is 0.370 e. The van der Waals surface area contributed by atoms with Gasteiger partial charge in [0.1, 0.15) is 0 Å². The lowest BCUT2D eigenvalue weighted by atomic mass is 10.0. The molecule has 0 spiro atoms. The number of primary amides is 1. The van der Waals surface area contributed by atoms with Crippen LogP contribution in [0.5, 0.6) is 0 Å². The van der Waals surface area contributed by atoms with Gasteiger partial charge in [0.05, 0.1) is 5.69 Å². The Morgan fingerprint density at radius 1 is 1.12 bits per heavy atom. The number of rotatable bonds is 12. The van der Waals surface area contributed by atoms with Crippen molar-refractivity contribution in [1.29, 1.82) is 0 Å². The van der Waals surface area contributed by atoms with Gasteiger partial charge < -0.3 is 16.4 Å². The number of benzene rings is 1. The molecule has 0 aliphatic heterocycles. The molecule has 1 aromatic carbocycles. The van der Waals surface area contributed by atoms with Crippen molar-refractivity contribution in [2.75, 3.05) is 17.6 Å². The first-order chi connectivity index (χ1) is 12.0. The van der Waals surface area contributed by atoms with E-state index in [0.717, 1.165) is 29.3 Å². The van der Waals surface area contributed by atoms with Crippen LogP contribution >= 0.6 is 11.8 Å².